The molecule has 0 aromatic carbocycles. The zero-order chi connectivity index (χ0) is 18.4. The van der Waals surface area contributed by atoms with E-state index >= 15 is 0 Å². The maximum absolute atomic E-state index is 12.2. The Bertz CT molecular complexity index is 805. The summed E-state index contributed by atoms with van der Waals surface area (Å²) in [6.45, 7) is 2.74. The zero-order valence-electron chi connectivity index (χ0n) is 13.8. The summed E-state index contributed by atoms with van der Waals surface area (Å²) >= 11 is 0. The van der Waals surface area contributed by atoms with Crippen molar-refractivity contribution in [2.75, 3.05) is 18.9 Å². The monoisotopic (exact) mass is 352 g/mol. The molecule has 1 aliphatic heterocycles. The van der Waals surface area contributed by atoms with Crippen molar-refractivity contribution in [3.63, 3.8) is 0 Å². The van der Waals surface area contributed by atoms with Crippen molar-refractivity contribution in [1.29, 1.82) is 0 Å². The van der Waals surface area contributed by atoms with Gasteiger partial charge in [0, 0.05) is 6.20 Å². The number of anilines is 1. The van der Waals surface area contributed by atoms with Gasteiger partial charge in [-0.1, -0.05) is 0 Å². The fraction of sp³-hybridized carbons (Fsp3) is 0.533. The summed E-state index contributed by atoms with van der Waals surface area (Å²) < 4.78 is 12.0. The van der Waals surface area contributed by atoms with Crippen molar-refractivity contribution in [2.45, 2.75) is 37.9 Å². The highest BCUT2D eigenvalue weighted by atomic mass is 16.6. The Hall–Kier alpha value is -2.27. The van der Waals surface area contributed by atoms with E-state index < -0.39 is 36.6 Å². The average Bonchev–Trinajstić information content (AvgIpc) is 3.05. The number of carbonyl (C=O) groups is 1. The Labute approximate surface area is 142 Å². The van der Waals surface area contributed by atoms with Crippen molar-refractivity contribution in [2.24, 2.45) is 0 Å². The smallest absolute Gasteiger partial charge is 0.340 e. The molecule has 1 fully saturated rings. The van der Waals surface area contributed by atoms with Gasteiger partial charge < -0.3 is 35.1 Å². The molecular weight excluding hydrogens is 332 g/mol. The van der Waals surface area contributed by atoms with Gasteiger partial charge in [-0.2, -0.15) is 0 Å². The van der Waals surface area contributed by atoms with Crippen molar-refractivity contribution in [3.05, 3.63) is 18.1 Å². The van der Waals surface area contributed by atoms with Gasteiger partial charge in [-0.05, 0) is 13.8 Å². The number of nitrogens with zero attached hydrogens (tertiary/aromatic N) is 3. The lowest BCUT2D eigenvalue weighted by atomic mass is 9.96. The van der Waals surface area contributed by atoms with Crippen molar-refractivity contribution < 1.29 is 29.6 Å². The van der Waals surface area contributed by atoms with E-state index in [0.717, 1.165) is 0 Å². The van der Waals surface area contributed by atoms with Gasteiger partial charge in [0.2, 0.25) is 0 Å². The quantitative estimate of drug-likeness (QED) is 0.517. The molecule has 0 spiro atoms. The molecule has 0 amide bonds. The van der Waals surface area contributed by atoms with Gasteiger partial charge in [0.15, 0.2) is 6.23 Å². The minimum Gasteiger partial charge on any atom is -0.462 e. The second-order valence-electron chi connectivity index (χ2n) is 6.01. The number of aliphatic hydroxyl groups excluding tert-OH is 2. The number of ether oxygens (including phenoxy) is 2. The number of carbonyl (C=O) groups excluding carboxylic acids is 1. The van der Waals surface area contributed by atoms with Crippen LogP contribution in [0.2, 0.25) is 0 Å². The zero-order valence-corrected chi connectivity index (χ0v) is 13.8. The normalized spacial score (nSPS) is 29.2. The van der Waals surface area contributed by atoms with E-state index in [2.05, 4.69) is 9.97 Å². The molecule has 2 aromatic heterocycles. The van der Waals surface area contributed by atoms with Crippen LogP contribution in [0.15, 0.2) is 12.5 Å². The van der Waals surface area contributed by atoms with Crippen LogP contribution in [0.5, 0.6) is 0 Å². The molecular formula is C15H20N4O6. The first-order valence-electron chi connectivity index (χ1n) is 7.77. The third-order valence-electron chi connectivity index (χ3n) is 4.32. The maximum Gasteiger partial charge on any atom is 0.340 e. The second kappa shape index (κ2) is 6.23. The molecule has 0 saturated carbocycles. The number of nitrogens with two attached hydrogens (primary N) is 1. The summed E-state index contributed by atoms with van der Waals surface area (Å²) in [4.78, 5) is 20.3. The Balaban J connectivity index is 2.18. The summed E-state index contributed by atoms with van der Waals surface area (Å²) in [5, 5.41) is 30.4. The highest BCUT2D eigenvalue weighted by Crippen LogP contribution is 2.40. The van der Waals surface area contributed by atoms with Crippen LogP contribution in [0.4, 0.5) is 5.82 Å². The van der Waals surface area contributed by atoms with Crippen LogP contribution in [0, 0.1) is 0 Å². The van der Waals surface area contributed by atoms with E-state index in [0.29, 0.717) is 0 Å². The predicted octanol–water partition coefficient (Wildman–Crippen LogP) is -0.808. The highest BCUT2D eigenvalue weighted by Gasteiger charge is 2.53. The van der Waals surface area contributed by atoms with E-state index in [4.69, 9.17) is 15.2 Å². The first-order chi connectivity index (χ1) is 11.8. The minimum absolute atomic E-state index is 0.0729. The molecule has 3 rings (SSSR count). The van der Waals surface area contributed by atoms with Crippen LogP contribution in [0.1, 0.15) is 30.4 Å². The largest absolute Gasteiger partial charge is 0.462 e. The summed E-state index contributed by atoms with van der Waals surface area (Å²) in [6.07, 6.45) is -0.807. The third-order valence-corrected chi connectivity index (χ3v) is 4.32. The molecule has 0 radical (unpaired) electrons. The molecule has 1 aliphatic rings. The number of esters is 1. The van der Waals surface area contributed by atoms with Gasteiger partial charge in [0.1, 0.15) is 35.6 Å². The molecule has 10 nitrogen and oxygen atoms in total. The summed E-state index contributed by atoms with van der Waals surface area (Å²) in [7, 11) is 0. The van der Waals surface area contributed by atoms with Crippen LogP contribution < -0.4 is 5.73 Å². The van der Waals surface area contributed by atoms with E-state index in [-0.39, 0.29) is 29.0 Å². The topological polar surface area (TPSA) is 153 Å². The number of hydrogen-bond acceptors (Lipinski definition) is 9. The molecule has 136 valence electrons. The van der Waals surface area contributed by atoms with Crippen molar-refractivity contribution in [3.8, 4) is 0 Å². The second-order valence-corrected chi connectivity index (χ2v) is 6.01. The lowest BCUT2D eigenvalue weighted by Gasteiger charge is -2.27. The first-order valence-corrected chi connectivity index (χ1v) is 7.77. The molecule has 5 N–H and O–H groups in total. The first kappa shape index (κ1) is 17.5. The maximum atomic E-state index is 12.2. The van der Waals surface area contributed by atoms with Crippen molar-refractivity contribution >= 4 is 22.8 Å². The number of fused-ring (bicyclic) bond motifs is 1. The molecule has 0 bridgehead atoms. The summed E-state index contributed by atoms with van der Waals surface area (Å²) in [6, 6.07) is 0. The van der Waals surface area contributed by atoms with Crippen LogP contribution >= 0.6 is 0 Å². The number of hydrogen-bond donors (Lipinski definition) is 4. The fourth-order valence-corrected chi connectivity index (χ4v) is 3.04. The van der Waals surface area contributed by atoms with Crippen molar-refractivity contribution in [1.82, 2.24) is 14.5 Å². The Morgan fingerprint density at radius 1 is 1.52 bits per heavy atom. The third kappa shape index (κ3) is 2.63. The average molecular weight is 352 g/mol. The molecule has 2 aromatic rings. The van der Waals surface area contributed by atoms with E-state index in [1.54, 1.807) is 6.92 Å². The molecule has 10 heteroatoms. The highest BCUT2D eigenvalue weighted by molar-refractivity contribution is 6.07. The summed E-state index contributed by atoms with van der Waals surface area (Å²) in [5.74, 6) is -0.548. The Kier molecular flexibility index (Phi) is 4.37. The SMILES string of the molecule is CCOC(=O)c1cn(C2OC(CO)C(O)[C@@]2(C)O)c2ncnc(N)c12. The molecule has 0 aliphatic carbocycles. The van der Waals surface area contributed by atoms with E-state index in [9.17, 15) is 20.1 Å². The minimum atomic E-state index is -1.73. The summed E-state index contributed by atoms with van der Waals surface area (Å²) in [5.41, 5.74) is 4.52. The van der Waals surface area contributed by atoms with Gasteiger partial charge in [-0.25, -0.2) is 14.8 Å². The van der Waals surface area contributed by atoms with Gasteiger partial charge >= 0.3 is 5.97 Å². The van der Waals surface area contributed by atoms with Gasteiger partial charge in [0.05, 0.1) is 24.2 Å². The van der Waals surface area contributed by atoms with Crippen LogP contribution in [0.25, 0.3) is 11.0 Å². The molecule has 1 saturated heterocycles. The predicted molar refractivity (Wildman–Crippen MR) is 85.5 cm³/mol. The standard InChI is InChI=1S/C15H20N4O6/c1-3-24-13(22)7-4-19(12-9(7)11(16)17-6-18-12)14-15(2,23)10(21)8(5-20)25-14/h4,6,8,10,14,20-21,23H,3,5H2,1-2H3,(H2,16,17,18)/t8?,10?,14?,15-/m1/s1. The fourth-order valence-electron chi connectivity index (χ4n) is 3.04. The lowest BCUT2D eigenvalue weighted by Crippen LogP contribution is -2.44. The van der Waals surface area contributed by atoms with Gasteiger partial charge in [-0.15, -0.1) is 0 Å². The van der Waals surface area contributed by atoms with E-state index in [1.165, 1.54) is 24.0 Å². The Morgan fingerprint density at radius 2 is 2.24 bits per heavy atom. The molecule has 4 atom stereocenters. The van der Waals surface area contributed by atoms with Gasteiger partial charge in [-0.3, -0.25) is 0 Å². The number of rotatable bonds is 4. The number of aromatic nitrogens is 3. The number of aliphatic hydroxyl groups is 3. The van der Waals surface area contributed by atoms with Crippen LogP contribution in [0.3, 0.4) is 0 Å². The number of nitrogen functional groups attached to an aromatic ring is 1. The Morgan fingerprint density at radius 3 is 2.84 bits per heavy atom. The van der Waals surface area contributed by atoms with Crippen LogP contribution in [-0.4, -0.2) is 66.8 Å². The molecule has 3 unspecified atom stereocenters. The van der Waals surface area contributed by atoms with Gasteiger partial charge in [0.25, 0.3) is 0 Å². The van der Waals surface area contributed by atoms with Crippen LogP contribution in [-0.2, 0) is 9.47 Å². The van der Waals surface area contributed by atoms with E-state index in [1.807, 2.05) is 0 Å². The molecule has 25 heavy (non-hydrogen) atoms. The molecule has 3 heterocycles. The lowest BCUT2D eigenvalue weighted by molar-refractivity contribution is -0.0948.